The number of pyridine rings is 1. The van der Waals surface area contributed by atoms with Crippen LogP contribution in [-0.4, -0.2) is 11.0 Å². The van der Waals surface area contributed by atoms with E-state index in [-0.39, 0.29) is 5.02 Å². The second-order valence-electron chi connectivity index (χ2n) is 5.07. The number of thiol groups is 1. The van der Waals surface area contributed by atoms with Gasteiger partial charge in [-0.05, 0) is 35.2 Å². The Labute approximate surface area is 165 Å². The molecule has 3 aromatic rings. The van der Waals surface area contributed by atoms with Crippen LogP contribution in [0.1, 0.15) is 5.56 Å². The molecule has 0 aliphatic heterocycles. The molecule has 0 aliphatic carbocycles. The third-order valence-corrected chi connectivity index (χ3v) is 5.36. The van der Waals surface area contributed by atoms with Gasteiger partial charge in [0.25, 0.3) is 0 Å². The minimum atomic E-state index is -0.410. The smallest absolute Gasteiger partial charge is 0.332 e. The van der Waals surface area contributed by atoms with Gasteiger partial charge >= 0.3 is 6.03 Å². The van der Waals surface area contributed by atoms with Gasteiger partial charge in [-0.25, -0.2) is 9.10 Å². The molecule has 0 saturated heterocycles. The van der Waals surface area contributed by atoms with E-state index in [1.54, 1.807) is 35.7 Å². The highest BCUT2D eigenvalue weighted by Gasteiger charge is 2.17. The number of anilines is 1. The number of amides is 2. The molecular formula is C17H13Cl2N3OS2. The summed E-state index contributed by atoms with van der Waals surface area (Å²) < 4.78 is 1.13. The van der Waals surface area contributed by atoms with Gasteiger partial charge in [0.1, 0.15) is 0 Å². The first-order chi connectivity index (χ1) is 12.1. The first-order valence-electron chi connectivity index (χ1n) is 7.25. The number of halogens is 2. The van der Waals surface area contributed by atoms with Crippen molar-refractivity contribution in [2.75, 3.05) is 4.31 Å². The van der Waals surface area contributed by atoms with Gasteiger partial charge in [-0.1, -0.05) is 48.1 Å². The molecule has 4 nitrogen and oxygen atoms in total. The Balaban J connectivity index is 1.74. The number of urea groups is 1. The molecule has 0 aliphatic rings. The second kappa shape index (κ2) is 8.10. The largest absolute Gasteiger partial charge is 0.333 e. The SMILES string of the molecule is O=C(NCc1cccnc1-c1ccsc1)N(S)c1cccc(Cl)c1Cl. The molecule has 2 aromatic heterocycles. The van der Waals surface area contributed by atoms with Crippen LogP contribution in [0.4, 0.5) is 10.5 Å². The van der Waals surface area contributed by atoms with Crippen molar-refractivity contribution in [2.24, 2.45) is 0 Å². The van der Waals surface area contributed by atoms with Gasteiger partial charge in [-0.15, -0.1) is 0 Å². The van der Waals surface area contributed by atoms with Crippen LogP contribution >= 0.6 is 47.4 Å². The molecule has 0 spiro atoms. The highest BCUT2D eigenvalue weighted by atomic mass is 35.5. The summed E-state index contributed by atoms with van der Waals surface area (Å²) in [5.41, 5.74) is 3.19. The Hall–Kier alpha value is -1.73. The van der Waals surface area contributed by atoms with Gasteiger partial charge in [-0.3, -0.25) is 4.98 Å². The average Bonchev–Trinajstić information content (AvgIpc) is 3.16. The van der Waals surface area contributed by atoms with Crippen molar-refractivity contribution in [3.8, 4) is 11.3 Å². The molecule has 25 heavy (non-hydrogen) atoms. The number of aromatic nitrogens is 1. The monoisotopic (exact) mass is 409 g/mol. The average molecular weight is 410 g/mol. The summed E-state index contributed by atoms with van der Waals surface area (Å²) in [6.07, 6.45) is 1.73. The van der Waals surface area contributed by atoms with Gasteiger partial charge in [0, 0.05) is 23.7 Å². The van der Waals surface area contributed by atoms with E-state index in [0.717, 1.165) is 21.1 Å². The summed E-state index contributed by atoms with van der Waals surface area (Å²) in [6, 6.07) is 10.4. The summed E-state index contributed by atoms with van der Waals surface area (Å²) in [7, 11) is 0. The third-order valence-electron chi connectivity index (χ3n) is 3.47. The number of hydrogen-bond donors (Lipinski definition) is 2. The maximum atomic E-state index is 12.4. The number of carbonyl (C=O) groups is 1. The number of thiophene rings is 1. The number of hydrogen-bond acceptors (Lipinski definition) is 4. The zero-order valence-electron chi connectivity index (χ0n) is 12.8. The van der Waals surface area contributed by atoms with Crippen LogP contribution < -0.4 is 9.62 Å². The van der Waals surface area contributed by atoms with Crippen molar-refractivity contribution in [1.29, 1.82) is 0 Å². The lowest BCUT2D eigenvalue weighted by atomic mass is 10.1. The van der Waals surface area contributed by atoms with Crippen LogP contribution in [0.15, 0.2) is 53.4 Å². The maximum absolute atomic E-state index is 12.4. The summed E-state index contributed by atoms with van der Waals surface area (Å²) in [6.45, 7) is 0.313. The Kier molecular flexibility index (Phi) is 5.86. The van der Waals surface area contributed by atoms with Crippen molar-refractivity contribution >= 4 is 59.1 Å². The number of nitrogens with zero attached hydrogens (tertiary/aromatic N) is 2. The van der Waals surface area contributed by atoms with Crippen LogP contribution in [0.2, 0.25) is 10.0 Å². The molecule has 2 amide bonds. The fourth-order valence-corrected chi connectivity index (χ4v) is 3.57. The van der Waals surface area contributed by atoms with Crippen LogP contribution in [0.25, 0.3) is 11.3 Å². The van der Waals surface area contributed by atoms with Gasteiger partial charge in [-0.2, -0.15) is 11.3 Å². The van der Waals surface area contributed by atoms with Crippen LogP contribution in [0.5, 0.6) is 0 Å². The van der Waals surface area contributed by atoms with Gasteiger partial charge in [0.2, 0.25) is 0 Å². The molecule has 128 valence electrons. The number of nitrogens with one attached hydrogen (secondary N) is 1. The molecule has 0 atom stereocenters. The third kappa shape index (κ3) is 4.10. The quantitative estimate of drug-likeness (QED) is 0.544. The van der Waals surface area contributed by atoms with Crippen LogP contribution in [-0.2, 0) is 6.54 Å². The van der Waals surface area contributed by atoms with E-state index in [1.165, 1.54) is 0 Å². The predicted molar refractivity (Wildman–Crippen MR) is 108 cm³/mol. The summed E-state index contributed by atoms with van der Waals surface area (Å²) in [4.78, 5) is 16.8. The first kappa shape index (κ1) is 18.1. The molecular weight excluding hydrogens is 397 g/mol. The first-order valence-corrected chi connectivity index (χ1v) is 9.35. The highest BCUT2D eigenvalue weighted by molar-refractivity contribution is 7.82. The van der Waals surface area contributed by atoms with Crippen molar-refractivity contribution < 1.29 is 4.79 Å². The number of benzene rings is 1. The summed E-state index contributed by atoms with van der Waals surface area (Å²) in [5, 5.41) is 7.46. The lowest BCUT2D eigenvalue weighted by Gasteiger charge is -2.18. The topological polar surface area (TPSA) is 45.2 Å². The van der Waals surface area contributed by atoms with Gasteiger partial charge < -0.3 is 5.32 Å². The molecule has 0 bridgehead atoms. The number of carbonyl (C=O) groups excluding carboxylic acids is 1. The molecule has 0 radical (unpaired) electrons. The van der Waals surface area contributed by atoms with Gasteiger partial charge in [0.15, 0.2) is 0 Å². The second-order valence-corrected chi connectivity index (χ2v) is 7.03. The standard InChI is InChI=1S/C17H13Cl2N3OS2/c18-13-4-1-5-14(15(13)19)22(24)17(23)21-9-11-3-2-7-20-16(11)12-6-8-25-10-12/h1-8,10,24H,9H2,(H,21,23). The molecule has 3 rings (SSSR count). The Morgan fingerprint density at radius 2 is 2.08 bits per heavy atom. The van der Waals surface area contributed by atoms with Gasteiger partial charge in [0.05, 0.1) is 21.4 Å². The Morgan fingerprint density at radius 3 is 2.84 bits per heavy atom. The van der Waals surface area contributed by atoms with Crippen LogP contribution in [0, 0.1) is 0 Å². The van der Waals surface area contributed by atoms with E-state index >= 15 is 0 Å². The van der Waals surface area contributed by atoms with E-state index in [4.69, 9.17) is 23.2 Å². The van der Waals surface area contributed by atoms with Crippen molar-refractivity contribution in [3.05, 3.63) is 69.0 Å². The molecule has 0 saturated carbocycles. The molecule has 0 fully saturated rings. The molecule has 2 heterocycles. The lowest BCUT2D eigenvalue weighted by molar-refractivity contribution is 0.249. The zero-order valence-corrected chi connectivity index (χ0v) is 16.0. The summed E-state index contributed by atoms with van der Waals surface area (Å²) in [5.74, 6) is 0. The van der Waals surface area contributed by atoms with E-state index in [1.807, 2.05) is 29.0 Å². The van der Waals surface area contributed by atoms with Crippen molar-refractivity contribution in [2.45, 2.75) is 6.54 Å². The normalized spacial score (nSPS) is 10.5. The molecule has 1 aromatic carbocycles. The maximum Gasteiger partial charge on any atom is 0.332 e. The molecule has 8 heteroatoms. The van der Waals surface area contributed by atoms with E-state index in [2.05, 4.69) is 23.1 Å². The van der Waals surface area contributed by atoms with Crippen molar-refractivity contribution in [3.63, 3.8) is 0 Å². The fraction of sp³-hybridized carbons (Fsp3) is 0.0588. The highest BCUT2D eigenvalue weighted by Crippen LogP contribution is 2.33. The Bertz CT molecular complexity index is 887. The minimum absolute atomic E-state index is 0.273. The zero-order chi connectivity index (χ0) is 17.8. The van der Waals surface area contributed by atoms with Crippen molar-refractivity contribution in [1.82, 2.24) is 10.3 Å². The van der Waals surface area contributed by atoms with E-state index < -0.39 is 6.03 Å². The summed E-state index contributed by atoms with van der Waals surface area (Å²) >= 11 is 17.9. The molecule has 1 N–H and O–H groups in total. The minimum Gasteiger partial charge on any atom is -0.333 e. The Morgan fingerprint density at radius 1 is 1.24 bits per heavy atom. The van der Waals surface area contributed by atoms with E-state index in [9.17, 15) is 4.79 Å². The predicted octanol–water partition coefficient (Wildman–Crippen LogP) is 5.68. The lowest BCUT2D eigenvalue weighted by Crippen LogP contribution is -2.33. The van der Waals surface area contributed by atoms with E-state index in [0.29, 0.717) is 17.3 Å². The van der Waals surface area contributed by atoms with Crippen LogP contribution in [0.3, 0.4) is 0 Å². The number of rotatable bonds is 4. The fourth-order valence-electron chi connectivity index (χ4n) is 2.25. The molecule has 0 unspecified atom stereocenters.